The van der Waals surface area contributed by atoms with Crippen LogP contribution in [-0.4, -0.2) is 51.2 Å². The number of nitrogens with zero attached hydrogens (tertiary/aromatic N) is 4. The summed E-state index contributed by atoms with van der Waals surface area (Å²) in [4.78, 5) is 27.6. The number of aromatic nitrogens is 3. The van der Waals surface area contributed by atoms with Crippen LogP contribution in [0.2, 0.25) is 4.34 Å². The zero-order valence-electron chi connectivity index (χ0n) is 15.5. The number of fused-ring (bicyclic) bond motifs is 3. The molecule has 0 radical (unpaired) electrons. The molecule has 1 aliphatic heterocycles. The molecule has 0 aliphatic carbocycles. The van der Waals surface area contributed by atoms with Crippen molar-refractivity contribution in [1.29, 1.82) is 0 Å². The van der Waals surface area contributed by atoms with E-state index in [-0.39, 0.29) is 30.0 Å². The first-order valence-electron chi connectivity index (χ1n) is 9.03. The third-order valence-electron chi connectivity index (χ3n) is 4.93. The number of carbonyl (C=O) groups excluding carboxylic acids is 1. The molecule has 7 nitrogen and oxygen atoms in total. The summed E-state index contributed by atoms with van der Waals surface area (Å²) in [6.45, 7) is 5.76. The van der Waals surface area contributed by atoms with Crippen LogP contribution >= 0.6 is 22.9 Å². The molecule has 0 bridgehead atoms. The Balaban J connectivity index is 1.71. The fourth-order valence-electron chi connectivity index (χ4n) is 3.66. The number of thiophene rings is 1. The van der Waals surface area contributed by atoms with Crippen molar-refractivity contribution in [2.75, 3.05) is 20.1 Å². The third-order valence-corrected chi connectivity index (χ3v) is 6.13. The molecule has 27 heavy (non-hydrogen) atoms. The maximum absolute atomic E-state index is 12.9. The fourth-order valence-corrected chi connectivity index (χ4v) is 4.81. The molecule has 4 heterocycles. The molecule has 1 fully saturated rings. The normalized spacial score (nSPS) is 18.2. The van der Waals surface area contributed by atoms with Gasteiger partial charge in [-0.3, -0.25) is 14.0 Å². The van der Waals surface area contributed by atoms with Crippen molar-refractivity contribution < 1.29 is 4.79 Å². The Labute approximate surface area is 165 Å². The Morgan fingerprint density at radius 1 is 1.41 bits per heavy atom. The number of halogens is 1. The Morgan fingerprint density at radius 3 is 2.85 bits per heavy atom. The first kappa shape index (κ1) is 18.5. The van der Waals surface area contributed by atoms with Gasteiger partial charge in [0.25, 0.3) is 5.56 Å². The lowest BCUT2D eigenvalue weighted by molar-refractivity contribution is -0.122. The number of hydrogen-bond acceptors (Lipinski definition) is 5. The van der Waals surface area contributed by atoms with Gasteiger partial charge in [0.05, 0.1) is 14.6 Å². The van der Waals surface area contributed by atoms with Gasteiger partial charge in [0.1, 0.15) is 17.9 Å². The lowest BCUT2D eigenvalue weighted by Gasteiger charge is -2.15. The van der Waals surface area contributed by atoms with Crippen molar-refractivity contribution in [2.45, 2.75) is 38.8 Å². The molecule has 1 amide bonds. The minimum Gasteiger partial charge on any atom is -0.350 e. The van der Waals surface area contributed by atoms with Crippen LogP contribution in [0.5, 0.6) is 0 Å². The van der Waals surface area contributed by atoms with E-state index >= 15 is 0 Å². The molecule has 3 aromatic heterocycles. The molecule has 0 unspecified atom stereocenters. The molecule has 9 heteroatoms. The summed E-state index contributed by atoms with van der Waals surface area (Å²) in [7, 11) is 2.03. The lowest BCUT2D eigenvalue weighted by Crippen LogP contribution is -2.41. The fraction of sp³-hybridized carbons (Fsp3) is 0.500. The summed E-state index contributed by atoms with van der Waals surface area (Å²) >= 11 is 7.57. The van der Waals surface area contributed by atoms with Crippen molar-refractivity contribution >= 4 is 44.6 Å². The maximum atomic E-state index is 12.9. The van der Waals surface area contributed by atoms with Crippen LogP contribution in [0.25, 0.3) is 15.7 Å². The number of carbonyl (C=O) groups is 1. The summed E-state index contributed by atoms with van der Waals surface area (Å²) in [5, 5.41) is 7.53. The first-order valence-corrected chi connectivity index (χ1v) is 10.2. The third kappa shape index (κ3) is 3.37. The average Bonchev–Trinajstić information content (AvgIpc) is 3.24. The molecule has 1 aliphatic rings. The van der Waals surface area contributed by atoms with Crippen LogP contribution < -0.4 is 10.9 Å². The van der Waals surface area contributed by atoms with E-state index in [1.807, 2.05) is 37.4 Å². The number of amides is 1. The Morgan fingerprint density at radius 2 is 2.19 bits per heavy atom. The van der Waals surface area contributed by atoms with E-state index in [2.05, 4.69) is 15.3 Å². The SMILES string of the molecule is CC(C)c1nn(CC(=O)N[C@H]2CCN(C)C2)c(=O)c2cc3sc(Cl)cc3n12. The van der Waals surface area contributed by atoms with E-state index in [1.165, 1.54) is 16.0 Å². The van der Waals surface area contributed by atoms with Gasteiger partial charge in [-0.1, -0.05) is 25.4 Å². The molecular weight excluding hydrogens is 386 g/mol. The topological polar surface area (TPSA) is 71.6 Å². The highest BCUT2D eigenvalue weighted by molar-refractivity contribution is 7.22. The van der Waals surface area contributed by atoms with Gasteiger partial charge in [-0.15, -0.1) is 11.3 Å². The van der Waals surface area contributed by atoms with Crippen molar-refractivity contribution in [3.05, 3.63) is 32.6 Å². The summed E-state index contributed by atoms with van der Waals surface area (Å²) < 4.78 is 4.76. The molecule has 1 atom stereocenters. The minimum atomic E-state index is -0.266. The van der Waals surface area contributed by atoms with Crippen molar-refractivity contribution in [3.63, 3.8) is 0 Å². The zero-order chi connectivity index (χ0) is 19.3. The van der Waals surface area contributed by atoms with Crippen LogP contribution in [0.3, 0.4) is 0 Å². The van der Waals surface area contributed by atoms with Crippen LogP contribution in [0, 0.1) is 0 Å². The van der Waals surface area contributed by atoms with Gasteiger partial charge in [0.15, 0.2) is 0 Å². The van der Waals surface area contributed by atoms with Gasteiger partial charge in [-0.05, 0) is 32.1 Å². The molecule has 1 N–H and O–H groups in total. The Hall–Kier alpha value is -1.90. The smallest absolute Gasteiger partial charge is 0.291 e. The van der Waals surface area contributed by atoms with Crippen LogP contribution in [-0.2, 0) is 11.3 Å². The number of likely N-dealkylation sites (N-methyl/N-ethyl adjacent to an activating group) is 1. The van der Waals surface area contributed by atoms with Gasteiger partial charge in [-0.2, -0.15) is 5.10 Å². The first-order chi connectivity index (χ1) is 12.8. The van der Waals surface area contributed by atoms with Crippen LogP contribution in [0.15, 0.2) is 16.9 Å². The minimum absolute atomic E-state index is 0.0746. The van der Waals surface area contributed by atoms with E-state index in [9.17, 15) is 9.59 Å². The van der Waals surface area contributed by atoms with E-state index in [0.29, 0.717) is 9.85 Å². The molecular formula is C18H22ClN5O2S. The van der Waals surface area contributed by atoms with Gasteiger partial charge in [-0.25, -0.2) is 4.68 Å². The molecule has 3 aromatic rings. The van der Waals surface area contributed by atoms with E-state index in [0.717, 1.165) is 35.6 Å². The molecule has 0 saturated carbocycles. The predicted octanol–water partition coefficient (Wildman–Crippen LogP) is 2.31. The van der Waals surface area contributed by atoms with Gasteiger partial charge < -0.3 is 10.2 Å². The number of nitrogens with one attached hydrogen (secondary N) is 1. The van der Waals surface area contributed by atoms with Crippen molar-refractivity contribution in [3.8, 4) is 0 Å². The molecule has 1 saturated heterocycles. The van der Waals surface area contributed by atoms with Crippen molar-refractivity contribution in [1.82, 2.24) is 24.4 Å². The second-order valence-corrected chi connectivity index (χ2v) is 9.17. The second-order valence-electron chi connectivity index (χ2n) is 7.46. The van der Waals surface area contributed by atoms with Crippen LogP contribution in [0.1, 0.15) is 32.0 Å². The quantitative estimate of drug-likeness (QED) is 0.720. The summed E-state index contributed by atoms with van der Waals surface area (Å²) in [5.74, 6) is 0.642. The number of likely N-dealkylation sites (tertiary alicyclic amines) is 1. The Kier molecular flexibility index (Phi) is 4.73. The molecule has 0 aromatic carbocycles. The van der Waals surface area contributed by atoms with E-state index in [1.54, 1.807) is 0 Å². The number of hydrogen-bond donors (Lipinski definition) is 1. The van der Waals surface area contributed by atoms with Crippen LogP contribution in [0.4, 0.5) is 0 Å². The Bertz CT molecular complexity index is 1080. The second kappa shape index (κ2) is 6.92. The average molecular weight is 408 g/mol. The summed E-state index contributed by atoms with van der Waals surface area (Å²) in [6, 6.07) is 3.82. The van der Waals surface area contributed by atoms with Crippen molar-refractivity contribution in [2.24, 2.45) is 0 Å². The monoisotopic (exact) mass is 407 g/mol. The molecule has 144 valence electrons. The van der Waals surface area contributed by atoms with Gasteiger partial charge in [0.2, 0.25) is 5.91 Å². The zero-order valence-corrected chi connectivity index (χ0v) is 17.1. The maximum Gasteiger partial charge on any atom is 0.291 e. The van der Waals surface area contributed by atoms with E-state index < -0.39 is 0 Å². The number of rotatable bonds is 4. The summed E-state index contributed by atoms with van der Waals surface area (Å²) in [5.41, 5.74) is 1.15. The summed E-state index contributed by atoms with van der Waals surface area (Å²) in [6.07, 6.45) is 0.927. The largest absolute Gasteiger partial charge is 0.350 e. The molecule has 0 spiro atoms. The highest BCUT2D eigenvalue weighted by atomic mass is 35.5. The van der Waals surface area contributed by atoms with E-state index in [4.69, 9.17) is 11.6 Å². The highest BCUT2D eigenvalue weighted by Crippen LogP contribution is 2.32. The molecule has 4 rings (SSSR count). The predicted molar refractivity (Wildman–Crippen MR) is 108 cm³/mol. The van der Waals surface area contributed by atoms with Gasteiger partial charge >= 0.3 is 0 Å². The van der Waals surface area contributed by atoms with Gasteiger partial charge in [0, 0.05) is 18.5 Å². The standard InChI is InChI=1S/C18H22ClN5O2S/c1-10(2)17-21-23(9-16(25)20-11-4-5-22(3)8-11)18(26)13-6-14-12(24(13)17)7-15(19)27-14/h6-7,10-11H,4-5,8-9H2,1-3H3,(H,20,25)/t11-/m0/s1. The lowest BCUT2D eigenvalue weighted by atomic mass is 10.2. The highest BCUT2D eigenvalue weighted by Gasteiger charge is 2.23.